The molecule has 156 valence electrons. The molecule has 30 heavy (non-hydrogen) atoms. The van der Waals surface area contributed by atoms with Gasteiger partial charge in [0.25, 0.3) is 5.89 Å². The van der Waals surface area contributed by atoms with Crippen molar-refractivity contribution in [1.29, 1.82) is 0 Å². The van der Waals surface area contributed by atoms with Gasteiger partial charge in [-0.1, -0.05) is 11.2 Å². The van der Waals surface area contributed by atoms with E-state index < -0.39 is 17.7 Å². The molecule has 0 fully saturated rings. The first kappa shape index (κ1) is 21.0. The van der Waals surface area contributed by atoms with E-state index in [9.17, 15) is 14.0 Å². The molecule has 1 heterocycles. The highest BCUT2D eigenvalue weighted by Gasteiger charge is 2.17. The van der Waals surface area contributed by atoms with E-state index in [0.29, 0.717) is 11.3 Å². The van der Waals surface area contributed by atoms with Gasteiger partial charge >= 0.3 is 12.1 Å². The molecule has 8 nitrogen and oxygen atoms in total. The highest BCUT2D eigenvalue weighted by molar-refractivity contribution is 5.92. The van der Waals surface area contributed by atoms with E-state index in [-0.39, 0.29) is 29.7 Å². The third-order valence-electron chi connectivity index (χ3n) is 3.64. The highest BCUT2D eigenvalue weighted by atomic mass is 19.1. The van der Waals surface area contributed by atoms with Crippen LogP contribution >= 0.6 is 0 Å². The van der Waals surface area contributed by atoms with Crippen LogP contribution < -0.4 is 5.32 Å². The molecule has 0 aliphatic rings. The molecule has 0 aliphatic heterocycles. The Morgan fingerprint density at radius 3 is 2.57 bits per heavy atom. The molecule has 0 atom stereocenters. The Labute approximate surface area is 172 Å². The van der Waals surface area contributed by atoms with Gasteiger partial charge in [0, 0.05) is 11.3 Å². The van der Waals surface area contributed by atoms with Gasteiger partial charge < -0.3 is 14.0 Å². The average molecular weight is 413 g/mol. The molecule has 9 heteroatoms. The Morgan fingerprint density at radius 2 is 1.87 bits per heavy atom. The predicted octanol–water partition coefficient (Wildman–Crippen LogP) is 4.58. The Balaban J connectivity index is 1.59. The fourth-order valence-corrected chi connectivity index (χ4v) is 2.39. The van der Waals surface area contributed by atoms with Crippen molar-refractivity contribution in [2.45, 2.75) is 33.0 Å². The number of carbonyl (C=O) groups excluding carboxylic acids is 2. The van der Waals surface area contributed by atoms with Gasteiger partial charge in [0.2, 0.25) is 5.82 Å². The largest absolute Gasteiger partial charge is 0.452 e. The fourth-order valence-electron chi connectivity index (χ4n) is 2.39. The first-order valence-electron chi connectivity index (χ1n) is 9.05. The Bertz CT molecular complexity index is 1040. The number of carbonyl (C=O) groups is 2. The molecule has 3 rings (SSSR count). The van der Waals surface area contributed by atoms with Gasteiger partial charge in [-0.3, -0.25) is 5.32 Å². The van der Waals surface area contributed by atoms with E-state index in [2.05, 4.69) is 15.5 Å². The molecular weight excluding hydrogens is 393 g/mol. The first-order chi connectivity index (χ1) is 14.2. The molecule has 0 saturated heterocycles. The van der Waals surface area contributed by atoms with Crippen LogP contribution in [0.15, 0.2) is 53.1 Å². The van der Waals surface area contributed by atoms with Crippen LogP contribution in [0.4, 0.5) is 14.9 Å². The molecule has 0 radical (unpaired) electrons. The summed E-state index contributed by atoms with van der Waals surface area (Å²) in [4.78, 5) is 28.3. The smallest absolute Gasteiger partial charge is 0.412 e. The van der Waals surface area contributed by atoms with Crippen molar-refractivity contribution in [2.75, 3.05) is 5.32 Å². The molecule has 0 saturated carbocycles. The highest BCUT2D eigenvalue weighted by Crippen LogP contribution is 2.18. The molecule has 0 bridgehead atoms. The summed E-state index contributed by atoms with van der Waals surface area (Å²) in [7, 11) is 0. The SMILES string of the molecule is CC(C)(C)OC(=O)Nc1cccc(C(=O)OCc2nc(-c3ccc(F)cc3)no2)c1. The van der Waals surface area contributed by atoms with E-state index in [1.807, 2.05) is 0 Å². The van der Waals surface area contributed by atoms with Gasteiger partial charge in [0.05, 0.1) is 5.56 Å². The van der Waals surface area contributed by atoms with Crippen LogP contribution in [0.2, 0.25) is 0 Å². The molecule has 0 spiro atoms. The zero-order chi connectivity index (χ0) is 21.7. The maximum Gasteiger partial charge on any atom is 0.412 e. The first-order valence-corrected chi connectivity index (χ1v) is 9.05. The summed E-state index contributed by atoms with van der Waals surface area (Å²) in [6.45, 7) is 5.01. The zero-order valence-corrected chi connectivity index (χ0v) is 16.6. The van der Waals surface area contributed by atoms with Gasteiger partial charge in [0.15, 0.2) is 6.61 Å². The number of amides is 1. The summed E-state index contributed by atoms with van der Waals surface area (Å²) >= 11 is 0. The van der Waals surface area contributed by atoms with E-state index >= 15 is 0 Å². The van der Waals surface area contributed by atoms with Crippen molar-refractivity contribution in [1.82, 2.24) is 10.1 Å². The quantitative estimate of drug-likeness (QED) is 0.611. The van der Waals surface area contributed by atoms with E-state index in [1.54, 1.807) is 39.0 Å². The van der Waals surface area contributed by atoms with Crippen molar-refractivity contribution >= 4 is 17.7 Å². The van der Waals surface area contributed by atoms with Crippen molar-refractivity contribution in [3.05, 3.63) is 65.8 Å². The summed E-state index contributed by atoms with van der Waals surface area (Å²) in [6, 6.07) is 11.8. The van der Waals surface area contributed by atoms with Crippen molar-refractivity contribution in [3.63, 3.8) is 0 Å². The summed E-state index contributed by atoms with van der Waals surface area (Å²) in [5.74, 6) is -0.667. The van der Waals surface area contributed by atoms with Crippen molar-refractivity contribution in [3.8, 4) is 11.4 Å². The van der Waals surface area contributed by atoms with Gasteiger partial charge in [-0.2, -0.15) is 4.98 Å². The van der Waals surface area contributed by atoms with Crippen LogP contribution in [-0.4, -0.2) is 27.8 Å². The number of hydrogen-bond donors (Lipinski definition) is 1. The molecule has 3 aromatic rings. The summed E-state index contributed by atoms with van der Waals surface area (Å²) in [5.41, 5.74) is 0.535. The number of hydrogen-bond acceptors (Lipinski definition) is 7. The molecule has 0 unspecified atom stereocenters. The fraction of sp³-hybridized carbons (Fsp3) is 0.238. The second kappa shape index (κ2) is 8.73. The Morgan fingerprint density at radius 1 is 1.13 bits per heavy atom. The number of halogens is 1. The molecule has 1 N–H and O–H groups in total. The monoisotopic (exact) mass is 413 g/mol. The predicted molar refractivity (Wildman–Crippen MR) is 105 cm³/mol. The molecule has 2 aromatic carbocycles. The third-order valence-corrected chi connectivity index (χ3v) is 3.64. The Kier molecular flexibility index (Phi) is 6.10. The number of rotatable bonds is 5. The number of esters is 1. The second-order valence-corrected chi connectivity index (χ2v) is 7.30. The minimum absolute atomic E-state index is 0.0886. The average Bonchev–Trinajstić information content (AvgIpc) is 3.14. The lowest BCUT2D eigenvalue weighted by molar-refractivity contribution is 0.0429. The minimum Gasteiger partial charge on any atom is -0.452 e. The number of benzene rings is 2. The zero-order valence-electron chi connectivity index (χ0n) is 16.6. The number of nitrogens with one attached hydrogen (secondary N) is 1. The molecule has 0 aliphatic carbocycles. The van der Waals surface area contributed by atoms with E-state index in [1.165, 1.54) is 30.3 Å². The van der Waals surface area contributed by atoms with Crippen LogP contribution in [0.5, 0.6) is 0 Å². The maximum absolute atomic E-state index is 13.0. The summed E-state index contributed by atoms with van der Waals surface area (Å²) in [6.07, 6.45) is -0.632. The lowest BCUT2D eigenvalue weighted by Gasteiger charge is -2.19. The van der Waals surface area contributed by atoms with Crippen molar-refractivity contribution < 1.29 is 28.0 Å². The van der Waals surface area contributed by atoms with Gasteiger partial charge in [-0.25, -0.2) is 14.0 Å². The lowest BCUT2D eigenvalue weighted by atomic mass is 10.2. The number of ether oxygens (including phenoxy) is 2. The summed E-state index contributed by atoms with van der Waals surface area (Å²) in [5, 5.41) is 6.34. The number of nitrogens with zero attached hydrogens (tertiary/aromatic N) is 2. The van der Waals surface area contributed by atoms with E-state index in [4.69, 9.17) is 14.0 Å². The number of anilines is 1. The van der Waals surface area contributed by atoms with Gasteiger partial charge in [-0.05, 0) is 63.2 Å². The molecule has 1 amide bonds. The van der Waals surface area contributed by atoms with Gasteiger partial charge in [-0.15, -0.1) is 0 Å². The van der Waals surface area contributed by atoms with E-state index in [0.717, 1.165) is 0 Å². The van der Waals surface area contributed by atoms with Crippen LogP contribution in [0.3, 0.4) is 0 Å². The van der Waals surface area contributed by atoms with Gasteiger partial charge in [0.1, 0.15) is 11.4 Å². The summed E-state index contributed by atoms with van der Waals surface area (Å²) < 4.78 is 28.4. The third kappa shape index (κ3) is 5.87. The standard InChI is InChI=1S/C21H20FN3O5/c1-21(2,3)29-20(27)23-16-6-4-5-14(11-16)19(26)28-12-17-24-18(25-30-17)13-7-9-15(22)10-8-13/h4-11H,12H2,1-3H3,(H,23,27). The normalized spacial score (nSPS) is 11.1. The molecule has 1 aromatic heterocycles. The second-order valence-electron chi connectivity index (χ2n) is 7.30. The minimum atomic E-state index is -0.641. The topological polar surface area (TPSA) is 104 Å². The van der Waals surface area contributed by atoms with Crippen LogP contribution in [0, 0.1) is 5.82 Å². The Hall–Kier alpha value is -3.75. The molecular formula is C21H20FN3O5. The van der Waals surface area contributed by atoms with Crippen LogP contribution in [0.25, 0.3) is 11.4 Å². The number of aromatic nitrogens is 2. The maximum atomic E-state index is 13.0. The lowest BCUT2D eigenvalue weighted by Crippen LogP contribution is -2.27. The van der Waals surface area contributed by atoms with Crippen LogP contribution in [0.1, 0.15) is 37.0 Å². The van der Waals surface area contributed by atoms with Crippen LogP contribution in [-0.2, 0) is 16.1 Å². The van der Waals surface area contributed by atoms with Crippen molar-refractivity contribution in [2.24, 2.45) is 0 Å².